The molecule has 3 atom stereocenters. The Labute approximate surface area is 205 Å². The van der Waals surface area contributed by atoms with Gasteiger partial charge in [0, 0.05) is 35.2 Å². The number of benzene rings is 2. The monoisotopic (exact) mass is 454 g/mol. The van der Waals surface area contributed by atoms with E-state index in [0.29, 0.717) is 18.5 Å². The van der Waals surface area contributed by atoms with Crippen LogP contribution < -0.4 is 10.2 Å². The van der Waals surface area contributed by atoms with Gasteiger partial charge in [-0.15, -0.1) is 0 Å². The second kappa shape index (κ2) is 9.23. The predicted molar refractivity (Wildman–Crippen MR) is 140 cm³/mol. The van der Waals surface area contributed by atoms with Crippen molar-refractivity contribution in [3.05, 3.63) is 64.2 Å². The summed E-state index contributed by atoms with van der Waals surface area (Å²) < 4.78 is 0. The lowest BCUT2D eigenvalue weighted by molar-refractivity contribution is -0.113. The van der Waals surface area contributed by atoms with Gasteiger partial charge in [0.15, 0.2) is 0 Å². The van der Waals surface area contributed by atoms with Gasteiger partial charge in [-0.2, -0.15) is 0 Å². The van der Waals surface area contributed by atoms with Crippen molar-refractivity contribution in [3.63, 3.8) is 0 Å². The quantitative estimate of drug-likeness (QED) is 0.604. The SMILES string of the molecule is Cc1ccc(C#CC(=O)N(CC(C)C)c2cccc3c2C[C@H]2NCC[C@@]34CCCC[C@@H]24)cc1C. The number of hydrogen-bond acceptors (Lipinski definition) is 2. The Morgan fingerprint density at radius 2 is 2.00 bits per heavy atom. The Bertz CT molecular complexity index is 1150. The molecule has 1 amide bonds. The first-order chi connectivity index (χ1) is 16.4. The average molecular weight is 455 g/mol. The molecule has 1 N–H and O–H groups in total. The maximum Gasteiger partial charge on any atom is 0.303 e. The molecule has 2 bridgehead atoms. The Hall–Kier alpha value is -2.57. The molecule has 1 saturated heterocycles. The third-order valence-corrected chi connectivity index (χ3v) is 8.58. The third kappa shape index (κ3) is 4.07. The molecule has 178 valence electrons. The van der Waals surface area contributed by atoms with Gasteiger partial charge in [0.05, 0.1) is 0 Å². The second-order valence-corrected chi connectivity index (χ2v) is 11.2. The van der Waals surface area contributed by atoms with E-state index in [0.717, 1.165) is 30.1 Å². The molecular weight excluding hydrogens is 416 g/mol. The molecule has 3 aliphatic rings. The highest BCUT2D eigenvalue weighted by molar-refractivity contribution is 6.06. The highest BCUT2D eigenvalue weighted by Gasteiger charge is 2.52. The minimum Gasteiger partial charge on any atom is -0.313 e. The number of fused-ring (bicyclic) bond motifs is 1. The number of aryl methyl sites for hydroxylation is 2. The molecule has 1 aliphatic heterocycles. The van der Waals surface area contributed by atoms with E-state index >= 15 is 0 Å². The molecule has 0 spiro atoms. The van der Waals surface area contributed by atoms with E-state index in [1.54, 1.807) is 0 Å². The van der Waals surface area contributed by atoms with E-state index in [1.807, 2.05) is 11.0 Å². The van der Waals surface area contributed by atoms with Crippen LogP contribution >= 0.6 is 0 Å². The maximum absolute atomic E-state index is 13.6. The summed E-state index contributed by atoms with van der Waals surface area (Å²) in [6.07, 6.45) is 7.53. The molecular formula is C31H38N2O. The van der Waals surface area contributed by atoms with Crippen molar-refractivity contribution in [1.29, 1.82) is 0 Å². The minimum absolute atomic E-state index is 0.0956. The van der Waals surface area contributed by atoms with Crippen molar-refractivity contribution in [3.8, 4) is 11.8 Å². The highest BCUT2D eigenvalue weighted by atomic mass is 16.2. The van der Waals surface area contributed by atoms with E-state index < -0.39 is 0 Å². The topological polar surface area (TPSA) is 32.3 Å². The van der Waals surface area contributed by atoms with Crippen LogP contribution in [-0.2, 0) is 16.6 Å². The average Bonchev–Trinajstić information content (AvgIpc) is 2.83. The summed E-state index contributed by atoms with van der Waals surface area (Å²) in [5.74, 6) is 7.13. The van der Waals surface area contributed by atoms with Crippen LogP contribution in [0.4, 0.5) is 5.69 Å². The van der Waals surface area contributed by atoms with Crippen molar-refractivity contribution >= 4 is 11.6 Å². The Morgan fingerprint density at radius 1 is 1.15 bits per heavy atom. The van der Waals surface area contributed by atoms with Crippen LogP contribution in [0.25, 0.3) is 0 Å². The molecule has 5 rings (SSSR count). The second-order valence-electron chi connectivity index (χ2n) is 11.2. The lowest BCUT2D eigenvalue weighted by Crippen LogP contribution is -2.59. The molecule has 0 aromatic heterocycles. The number of hydrogen-bond donors (Lipinski definition) is 1. The fourth-order valence-electron chi connectivity index (χ4n) is 6.87. The minimum atomic E-state index is -0.0956. The van der Waals surface area contributed by atoms with Crippen LogP contribution in [-0.4, -0.2) is 25.0 Å². The number of piperidine rings is 1. The van der Waals surface area contributed by atoms with Gasteiger partial charge >= 0.3 is 5.91 Å². The summed E-state index contributed by atoms with van der Waals surface area (Å²) in [5, 5.41) is 3.85. The summed E-state index contributed by atoms with van der Waals surface area (Å²) in [4.78, 5) is 15.5. The van der Waals surface area contributed by atoms with Crippen molar-refractivity contribution in [1.82, 2.24) is 5.32 Å². The predicted octanol–water partition coefficient (Wildman–Crippen LogP) is 5.69. The number of nitrogens with zero attached hydrogens (tertiary/aromatic N) is 1. The first kappa shape index (κ1) is 23.2. The zero-order valence-electron chi connectivity index (χ0n) is 21.2. The number of amides is 1. The van der Waals surface area contributed by atoms with Gasteiger partial charge in [0.1, 0.15) is 0 Å². The number of anilines is 1. The fraction of sp³-hybridized carbons (Fsp3) is 0.516. The molecule has 3 heteroatoms. The summed E-state index contributed by atoms with van der Waals surface area (Å²) >= 11 is 0. The first-order valence-electron chi connectivity index (χ1n) is 13.2. The van der Waals surface area contributed by atoms with Gasteiger partial charge < -0.3 is 10.2 Å². The van der Waals surface area contributed by atoms with E-state index in [9.17, 15) is 4.79 Å². The zero-order valence-corrected chi connectivity index (χ0v) is 21.2. The van der Waals surface area contributed by atoms with Gasteiger partial charge in [-0.1, -0.05) is 50.8 Å². The fourth-order valence-corrected chi connectivity index (χ4v) is 6.87. The standard InChI is InChI=1S/C31H38N2O/c1-21(2)20-33(30(34)14-13-24-12-11-22(3)23(4)18-24)29-10-7-9-26-25(29)19-28-27-8-5-6-15-31(26,27)16-17-32-28/h7,9-12,18,21,27-28,32H,5-6,8,15-17,19-20H2,1-4H3/t27-,28+,31-/m0/s1. The highest BCUT2D eigenvalue weighted by Crippen LogP contribution is 2.55. The van der Waals surface area contributed by atoms with Gasteiger partial charge in [0.25, 0.3) is 0 Å². The van der Waals surface area contributed by atoms with Crippen LogP contribution in [0.15, 0.2) is 36.4 Å². The van der Waals surface area contributed by atoms with Crippen LogP contribution in [0.5, 0.6) is 0 Å². The Morgan fingerprint density at radius 3 is 2.79 bits per heavy atom. The van der Waals surface area contributed by atoms with Gasteiger partial charge in [-0.05, 0) is 98.4 Å². The molecule has 0 unspecified atom stereocenters. The normalized spacial score (nSPS) is 25.1. The maximum atomic E-state index is 13.6. The van der Waals surface area contributed by atoms with Gasteiger partial charge in [-0.25, -0.2) is 0 Å². The van der Waals surface area contributed by atoms with Gasteiger partial charge in [-0.3, -0.25) is 4.79 Å². The van der Waals surface area contributed by atoms with Crippen molar-refractivity contribution in [2.24, 2.45) is 11.8 Å². The molecule has 2 fully saturated rings. The van der Waals surface area contributed by atoms with Crippen LogP contribution in [0.2, 0.25) is 0 Å². The third-order valence-electron chi connectivity index (χ3n) is 8.58. The van der Waals surface area contributed by atoms with Crippen LogP contribution in [0.3, 0.4) is 0 Å². The first-order valence-corrected chi connectivity index (χ1v) is 13.2. The molecule has 0 radical (unpaired) electrons. The van der Waals surface area contributed by atoms with Gasteiger partial charge in [0.2, 0.25) is 0 Å². The largest absolute Gasteiger partial charge is 0.313 e. The summed E-state index contributed by atoms with van der Waals surface area (Å²) in [6.45, 7) is 10.3. The van der Waals surface area contributed by atoms with E-state index in [1.165, 1.54) is 54.4 Å². The Balaban J connectivity index is 1.54. The number of rotatable bonds is 3. The van der Waals surface area contributed by atoms with Crippen molar-refractivity contribution in [2.75, 3.05) is 18.0 Å². The lowest BCUT2D eigenvalue weighted by Gasteiger charge is -2.56. The molecule has 1 heterocycles. The van der Waals surface area contributed by atoms with Crippen LogP contribution in [0, 0.1) is 37.5 Å². The van der Waals surface area contributed by atoms with E-state index in [-0.39, 0.29) is 11.3 Å². The Kier molecular flexibility index (Phi) is 6.30. The van der Waals surface area contributed by atoms with E-state index in [4.69, 9.17) is 0 Å². The number of nitrogens with one attached hydrogen (secondary N) is 1. The smallest absolute Gasteiger partial charge is 0.303 e. The summed E-state index contributed by atoms with van der Waals surface area (Å²) in [5.41, 5.74) is 7.64. The molecule has 2 aromatic carbocycles. The molecule has 34 heavy (non-hydrogen) atoms. The zero-order chi connectivity index (χ0) is 23.9. The van der Waals surface area contributed by atoms with Crippen LogP contribution in [0.1, 0.15) is 73.8 Å². The van der Waals surface area contributed by atoms with Crippen molar-refractivity contribution < 1.29 is 4.79 Å². The molecule has 2 aromatic rings. The van der Waals surface area contributed by atoms with E-state index in [2.05, 4.69) is 75.2 Å². The molecule has 2 aliphatic carbocycles. The molecule has 1 saturated carbocycles. The van der Waals surface area contributed by atoms with Crippen molar-refractivity contribution in [2.45, 2.75) is 77.7 Å². The lowest BCUT2D eigenvalue weighted by atomic mass is 9.52. The number of carbonyl (C=O) groups excluding carboxylic acids is 1. The number of carbonyl (C=O) groups is 1. The molecule has 3 nitrogen and oxygen atoms in total. The summed E-state index contributed by atoms with van der Waals surface area (Å²) in [7, 11) is 0. The summed E-state index contributed by atoms with van der Waals surface area (Å²) in [6, 6.07) is 13.4.